The van der Waals surface area contributed by atoms with E-state index in [0.717, 1.165) is 27.4 Å². The largest absolute Gasteiger partial charge is 0.478 e. The number of aryl methyl sites for hydroxylation is 1. The highest BCUT2D eigenvalue weighted by molar-refractivity contribution is 6.09. The van der Waals surface area contributed by atoms with E-state index >= 15 is 0 Å². The van der Waals surface area contributed by atoms with E-state index in [1.807, 2.05) is 22.8 Å². The molecule has 118 valence electrons. The minimum Gasteiger partial charge on any atom is -0.478 e. The number of carbonyl (C=O) groups is 2. The van der Waals surface area contributed by atoms with Crippen LogP contribution in [0.4, 0.5) is 0 Å². The maximum Gasteiger partial charge on any atom is 0.335 e. The average molecular weight is 312 g/mol. The molecular weight excluding hydrogens is 296 g/mol. The highest BCUT2D eigenvalue weighted by Crippen LogP contribution is 2.31. The lowest BCUT2D eigenvalue weighted by Crippen LogP contribution is -2.13. The first-order valence-electron chi connectivity index (χ1n) is 7.18. The quantitative estimate of drug-likeness (QED) is 0.668. The minimum absolute atomic E-state index is 0.0896. The van der Waals surface area contributed by atoms with Crippen molar-refractivity contribution < 1.29 is 19.8 Å². The number of aromatic nitrogens is 1. The van der Waals surface area contributed by atoms with Gasteiger partial charge in [0.2, 0.25) is 5.91 Å². The Hall–Kier alpha value is -2.86. The fourth-order valence-corrected chi connectivity index (χ4v) is 2.84. The van der Waals surface area contributed by atoms with Crippen molar-refractivity contribution in [2.24, 2.45) is 5.73 Å². The summed E-state index contributed by atoms with van der Waals surface area (Å²) in [4.78, 5) is 22.4. The molecule has 0 saturated carbocycles. The molecule has 3 rings (SSSR count). The van der Waals surface area contributed by atoms with E-state index in [0.29, 0.717) is 6.54 Å². The molecular formula is C17H16N2O4. The monoisotopic (exact) mass is 312 g/mol. The van der Waals surface area contributed by atoms with Crippen molar-refractivity contribution in [2.45, 2.75) is 19.6 Å². The highest BCUT2D eigenvalue weighted by atomic mass is 16.4. The second kappa shape index (κ2) is 5.73. The van der Waals surface area contributed by atoms with Gasteiger partial charge in [-0.05, 0) is 23.8 Å². The summed E-state index contributed by atoms with van der Waals surface area (Å²) in [5.74, 6) is -1.43. The smallest absolute Gasteiger partial charge is 0.335 e. The third-order valence-electron chi connectivity index (χ3n) is 3.94. The molecule has 0 saturated heterocycles. The number of fused-ring (bicyclic) bond motifs is 3. The van der Waals surface area contributed by atoms with E-state index in [4.69, 9.17) is 5.73 Å². The van der Waals surface area contributed by atoms with Gasteiger partial charge in [-0.25, -0.2) is 4.79 Å². The Balaban J connectivity index is 2.31. The molecule has 0 bridgehead atoms. The van der Waals surface area contributed by atoms with Crippen molar-refractivity contribution in [3.8, 4) is 0 Å². The van der Waals surface area contributed by atoms with Crippen LogP contribution in [0.3, 0.4) is 0 Å². The molecule has 0 unspecified atom stereocenters. The van der Waals surface area contributed by atoms with Crippen LogP contribution >= 0.6 is 0 Å². The van der Waals surface area contributed by atoms with Crippen LogP contribution in [0.15, 0.2) is 36.4 Å². The second-order valence-electron chi connectivity index (χ2n) is 5.41. The summed E-state index contributed by atoms with van der Waals surface area (Å²) in [7, 11) is 0. The fourth-order valence-electron chi connectivity index (χ4n) is 2.84. The van der Waals surface area contributed by atoms with Gasteiger partial charge in [0.05, 0.1) is 12.2 Å². The molecule has 23 heavy (non-hydrogen) atoms. The Kier molecular flexibility index (Phi) is 3.75. The lowest BCUT2D eigenvalue weighted by Gasteiger charge is -2.07. The topological polar surface area (TPSA) is 106 Å². The number of nitrogens with two attached hydrogens (primary N) is 1. The first-order valence-corrected chi connectivity index (χ1v) is 7.18. The third-order valence-corrected chi connectivity index (χ3v) is 3.94. The Labute approximate surface area is 131 Å². The van der Waals surface area contributed by atoms with Gasteiger partial charge < -0.3 is 20.5 Å². The summed E-state index contributed by atoms with van der Waals surface area (Å²) in [6, 6.07) is 10.5. The average Bonchev–Trinajstić information content (AvgIpc) is 2.84. The van der Waals surface area contributed by atoms with Gasteiger partial charge in [-0.15, -0.1) is 0 Å². The molecule has 0 atom stereocenters. The van der Waals surface area contributed by atoms with Crippen LogP contribution in [0.2, 0.25) is 0 Å². The van der Waals surface area contributed by atoms with E-state index in [2.05, 4.69) is 0 Å². The van der Waals surface area contributed by atoms with Crippen molar-refractivity contribution in [1.82, 2.24) is 4.57 Å². The zero-order chi connectivity index (χ0) is 16.6. The van der Waals surface area contributed by atoms with Gasteiger partial charge in [0, 0.05) is 34.8 Å². The molecule has 1 amide bonds. The second-order valence-corrected chi connectivity index (χ2v) is 5.41. The summed E-state index contributed by atoms with van der Waals surface area (Å²) in [6.45, 7) is 0.265. The van der Waals surface area contributed by atoms with Gasteiger partial charge >= 0.3 is 5.97 Å². The van der Waals surface area contributed by atoms with E-state index in [1.165, 1.54) is 0 Å². The number of benzene rings is 2. The van der Waals surface area contributed by atoms with Crippen LogP contribution in [-0.4, -0.2) is 26.7 Å². The van der Waals surface area contributed by atoms with Crippen LogP contribution in [0, 0.1) is 0 Å². The zero-order valence-electron chi connectivity index (χ0n) is 12.3. The van der Waals surface area contributed by atoms with Crippen molar-refractivity contribution in [1.29, 1.82) is 0 Å². The normalized spacial score (nSPS) is 11.2. The summed E-state index contributed by atoms with van der Waals surface area (Å²) < 4.78 is 1.88. The standard InChI is InChI=1S/C17H16N2O4/c18-16(21)5-6-19-14-7-10(9-20)1-3-12(14)13-4-2-11(17(22)23)8-15(13)19/h1-4,7-8,20H,5-6,9H2,(H2,18,21)(H,22,23). The van der Waals surface area contributed by atoms with Crippen LogP contribution in [-0.2, 0) is 17.9 Å². The van der Waals surface area contributed by atoms with Gasteiger partial charge in [0.25, 0.3) is 0 Å². The van der Waals surface area contributed by atoms with Crippen LogP contribution in [0.5, 0.6) is 0 Å². The molecule has 3 aromatic rings. The first-order chi connectivity index (χ1) is 11.0. The van der Waals surface area contributed by atoms with Crippen LogP contribution in [0.25, 0.3) is 21.8 Å². The molecule has 0 radical (unpaired) electrons. The van der Waals surface area contributed by atoms with Gasteiger partial charge in [-0.1, -0.05) is 18.2 Å². The molecule has 4 N–H and O–H groups in total. The number of carbonyl (C=O) groups excluding carboxylic acids is 1. The number of carboxylic acid groups (broad SMARTS) is 1. The summed E-state index contributed by atoms with van der Waals surface area (Å²) in [6.07, 6.45) is 0.152. The number of carboxylic acids is 1. The molecule has 0 fully saturated rings. The maximum atomic E-state index is 11.2. The number of hydrogen-bond acceptors (Lipinski definition) is 3. The van der Waals surface area contributed by atoms with E-state index in [1.54, 1.807) is 18.2 Å². The lowest BCUT2D eigenvalue weighted by molar-refractivity contribution is -0.118. The Bertz CT molecular complexity index is 927. The third kappa shape index (κ3) is 2.64. The predicted octanol–water partition coefficient (Wildman–Crippen LogP) is 1.86. The molecule has 1 heterocycles. The zero-order valence-corrected chi connectivity index (χ0v) is 12.3. The number of aliphatic hydroxyl groups is 1. The Morgan fingerprint density at radius 3 is 2.30 bits per heavy atom. The van der Waals surface area contributed by atoms with Crippen LogP contribution in [0.1, 0.15) is 22.3 Å². The van der Waals surface area contributed by atoms with Crippen LogP contribution < -0.4 is 5.73 Å². The summed E-state index contributed by atoms with van der Waals surface area (Å²) in [5, 5.41) is 20.4. The lowest BCUT2D eigenvalue weighted by atomic mass is 10.1. The number of amides is 1. The molecule has 0 spiro atoms. The number of aliphatic hydroxyl groups excluding tert-OH is 1. The minimum atomic E-state index is -1.00. The molecule has 0 aliphatic rings. The van der Waals surface area contributed by atoms with Crippen molar-refractivity contribution in [3.63, 3.8) is 0 Å². The van der Waals surface area contributed by atoms with E-state index < -0.39 is 11.9 Å². The number of aromatic carboxylic acids is 1. The predicted molar refractivity (Wildman–Crippen MR) is 86.1 cm³/mol. The van der Waals surface area contributed by atoms with Crippen molar-refractivity contribution in [2.75, 3.05) is 0 Å². The number of rotatable bonds is 5. The molecule has 1 aromatic heterocycles. The van der Waals surface area contributed by atoms with Gasteiger partial charge in [0.1, 0.15) is 0 Å². The maximum absolute atomic E-state index is 11.2. The summed E-state index contributed by atoms with van der Waals surface area (Å²) >= 11 is 0. The summed E-state index contributed by atoms with van der Waals surface area (Å²) in [5.41, 5.74) is 7.75. The number of hydrogen-bond donors (Lipinski definition) is 3. The van der Waals surface area contributed by atoms with Gasteiger partial charge in [0.15, 0.2) is 0 Å². The molecule has 0 aliphatic carbocycles. The molecule has 2 aromatic carbocycles. The Morgan fingerprint density at radius 2 is 1.70 bits per heavy atom. The van der Waals surface area contributed by atoms with E-state index in [-0.39, 0.29) is 18.6 Å². The fraction of sp³-hybridized carbons (Fsp3) is 0.176. The number of nitrogens with zero attached hydrogens (tertiary/aromatic N) is 1. The highest BCUT2D eigenvalue weighted by Gasteiger charge is 2.14. The van der Waals surface area contributed by atoms with Gasteiger partial charge in [-0.3, -0.25) is 4.79 Å². The van der Waals surface area contributed by atoms with E-state index in [9.17, 15) is 19.8 Å². The molecule has 0 aliphatic heterocycles. The Morgan fingerprint density at radius 1 is 1.04 bits per heavy atom. The van der Waals surface area contributed by atoms with Crippen molar-refractivity contribution >= 4 is 33.7 Å². The molecule has 6 heteroatoms. The SMILES string of the molecule is NC(=O)CCn1c2cc(CO)ccc2c2ccc(C(=O)O)cc21. The first kappa shape index (κ1) is 15.1. The molecule has 6 nitrogen and oxygen atoms in total. The number of primary amides is 1. The van der Waals surface area contributed by atoms with Gasteiger partial charge in [-0.2, -0.15) is 0 Å². The van der Waals surface area contributed by atoms with Crippen molar-refractivity contribution in [3.05, 3.63) is 47.5 Å².